The third kappa shape index (κ3) is 9.52. The summed E-state index contributed by atoms with van der Waals surface area (Å²) in [6.45, 7) is 14.8. The van der Waals surface area contributed by atoms with Crippen LogP contribution in [-0.2, 0) is 0 Å². The number of hydrogen-bond donors (Lipinski definition) is 0. The third-order valence-electron chi connectivity index (χ3n) is 2.16. The first-order valence-corrected chi connectivity index (χ1v) is 6.15. The standard InChI is InChI=1S/C9H12.C4H10.C2H6/c1-7-4-5-8(2)9(3)6-7;1-3-4-2;1-2/h4-6H,1-3H3;3-4H2,1-2H3;1-2H3. The number of hydrogen-bond acceptors (Lipinski definition) is 0. The minimum absolute atomic E-state index is 1.32. The van der Waals surface area contributed by atoms with Crippen molar-refractivity contribution in [3.8, 4) is 0 Å². The van der Waals surface area contributed by atoms with Crippen LogP contribution in [0.2, 0.25) is 0 Å². The SMILES string of the molecule is CC.CCCC.Cc1ccc(C)c(C)c1. The van der Waals surface area contributed by atoms with E-state index in [2.05, 4.69) is 52.8 Å². The molecule has 0 saturated heterocycles. The molecule has 15 heavy (non-hydrogen) atoms. The molecule has 0 spiro atoms. The van der Waals surface area contributed by atoms with Gasteiger partial charge in [-0.15, -0.1) is 0 Å². The molecule has 0 radical (unpaired) electrons. The molecule has 0 heteroatoms. The Morgan fingerprint density at radius 1 is 0.800 bits per heavy atom. The molecule has 0 saturated carbocycles. The summed E-state index contributed by atoms with van der Waals surface area (Å²) in [5.41, 5.74) is 4.11. The molecule has 0 unspecified atom stereocenters. The van der Waals surface area contributed by atoms with E-state index in [1.54, 1.807) is 0 Å². The minimum atomic E-state index is 1.32. The van der Waals surface area contributed by atoms with Gasteiger partial charge in [-0.05, 0) is 31.9 Å². The van der Waals surface area contributed by atoms with Crippen LogP contribution in [0.1, 0.15) is 57.2 Å². The van der Waals surface area contributed by atoms with Crippen LogP contribution >= 0.6 is 0 Å². The van der Waals surface area contributed by atoms with E-state index in [1.165, 1.54) is 29.5 Å². The summed E-state index contributed by atoms with van der Waals surface area (Å²) >= 11 is 0. The molecule has 0 fully saturated rings. The summed E-state index contributed by atoms with van der Waals surface area (Å²) < 4.78 is 0. The maximum absolute atomic E-state index is 2.20. The molecule has 1 aromatic carbocycles. The van der Waals surface area contributed by atoms with Gasteiger partial charge in [0.05, 0.1) is 0 Å². The average molecular weight is 208 g/mol. The predicted octanol–water partition coefficient (Wildman–Crippen LogP) is 5.44. The Labute approximate surface area is 96.7 Å². The lowest BCUT2D eigenvalue weighted by Crippen LogP contribution is -1.79. The highest BCUT2D eigenvalue weighted by atomic mass is 13.9. The van der Waals surface area contributed by atoms with E-state index in [0.29, 0.717) is 0 Å². The molecule has 88 valence electrons. The van der Waals surface area contributed by atoms with Crippen molar-refractivity contribution in [2.45, 2.75) is 61.3 Å². The van der Waals surface area contributed by atoms with Gasteiger partial charge in [0.15, 0.2) is 0 Å². The molecular formula is C15H28. The highest BCUT2D eigenvalue weighted by molar-refractivity contribution is 5.28. The number of rotatable bonds is 1. The fraction of sp³-hybridized carbons (Fsp3) is 0.600. The van der Waals surface area contributed by atoms with E-state index in [-0.39, 0.29) is 0 Å². The first kappa shape index (κ1) is 16.6. The van der Waals surface area contributed by atoms with Gasteiger partial charge in [-0.25, -0.2) is 0 Å². The van der Waals surface area contributed by atoms with E-state index in [1.807, 2.05) is 13.8 Å². The Hall–Kier alpha value is -0.780. The van der Waals surface area contributed by atoms with Crippen molar-refractivity contribution in [2.24, 2.45) is 0 Å². The number of unbranched alkanes of at least 4 members (excludes halogenated alkanes) is 1. The van der Waals surface area contributed by atoms with Crippen LogP contribution in [0.15, 0.2) is 18.2 Å². The van der Waals surface area contributed by atoms with Crippen molar-refractivity contribution in [1.82, 2.24) is 0 Å². The fourth-order valence-electron chi connectivity index (χ4n) is 0.891. The van der Waals surface area contributed by atoms with E-state index in [9.17, 15) is 0 Å². The van der Waals surface area contributed by atoms with Gasteiger partial charge in [-0.2, -0.15) is 0 Å². The lowest BCUT2D eigenvalue weighted by Gasteiger charge is -1.98. The first-order chi connectivity index (χ1) is 7.11. The molecule has 0 aliphatic rings. The minimum Gasteiger partial charge on any atom is -0.0683 e. The zero-order valence-electron chi connectivity index (χ0n) is 11.6. The second kappa shape index (κ2) is 11.3. The van der Waals surface area contributed by atoms with Crippen LogP contribution < -0.4 is 0 Å². The van der Waals surface area contributed by atoms with Crippen molar-refractivity contribution in [3.63, 3.8) is 0 Å². The van der Waals surface area contributed by atoms with Crippen molar-refractivity contribution >= 4 is 0 Å². The predicted molar refractivity (Wildman–Crippen MR) is 72.6 cm³/mol. The summed E-state index contributed by atoms with van der Waals surface area (Å²) in [5.74, 6) is 0. The summed E-state index contributed by atoms with van der Waals surface area (Å²) in [7, 11) is 0. The van der Waals surface area contributed by atoms with Crippen molar-refractivity contribution in [1.29, 1.82) is 0 Å². The largest absolute Gasteiger partial charge is 0.0683 e. The Morgan fingerprint density at radius 3 is 1.53 bits per heavy atom. The zero-order valence-corrected chi connectivity index (χ0v) is 11.6. The highest BCUT2D eigenvalue weighted by Gasteiger charge is 1.89. The monoisotopic (exact) mass is 208 g/mol. The van der Waals surface area contributed by atoms with Crippen LogP contribution in [0.4, 0.5) is 0 Å². The van der Waals surface area contributed by atoms with E-state index in [4.69, 9.17) is 0 Å². The normalized spacial score (nSPS) is 8.20. The Bertz CT molecular complexity index is 234. The topological polar surface area (TPSA) is 0 Å². The van der Waals surface area contributed by atoms with Crippen LogP contribution in [-0.4, -0.2) is 0 Å². The van der Waals surface area contributed by atoms with Gasteiger partial charge in [0.2, 0.25) is 0 Å². The molecule has 0 heterocycles. The van der Waals surface area contributed by atoms with Gasteiger partial charge in [-0.3, -0.25) is 0 Å². The molecule has 1 rings (SSSR count). The van der Waals surface area contributed by atoms with Crippen molar-refractivity contribution in [3.05, 3.63) is 34.9 Å². The Kier molecular flexibility index (Phi) is 12.5. The zero-order chi connectivity index (χ0) is 12.3. The third-order valence-corrected chi connectivity index (χ3v) is 2.16. The van der Waals surface area contributed by atoms with Crippen molar-refractivity contribution in [2.75, 3.05) is 0 Å². The number of benzene rings is 1. The van der Waals surface area contributed by atoms with Gasteiger partial charge < -0.3 is 0 Å². The second-order valence-electron chi connectivity index (χ2n) is 3.59. The Balaban J connectivity index is 0. The van der Waals surface area contributed by atoms with Gasteiger partial charge in [0.1, 0.15) is 0 Å². The van der Waals surface area contributed by atoms with Gasteiger partial charge in [0, 0.05) is 0 Å². The second-order valence-corrected chi connectivity index (χ2v) is 3.59. The van der Waals surface area contributed by atoms with Crippen LogP contribution in [0.3, 0.4) is 0 Å². The van der Waals surface area contributed by atoms with Crippen LogP contribution in [0.25, 0.3) is 0 Å². The average Bonchev–Trinajstić information content (AvgIpc) is 2.27. The number of aryl methyl sites for hydroxylation is 3. The van der Waals surface area contributed by atoms with E-state index >= 15 is 0 Å². The van der Waals surface area contributed by atoms with E-state index < -0.39 is 0 Å². The molecule has 0 nitrogen and oxygen atoms in total. The maximum atomic E-state index is 2.20. The van der Waals surface area contributed by atoms with Crippen molar-refractivity contribution < 1.29 is 0 Å². The molecule has 0 atom stereocenters. The smallest absolute Gasteiger partial charge is 0.0395 e. The molecule has 0 N–H and O–H groups in total. The first-order valence-electron chi connectivity index (χ1n) is 6.15. The molecule has 0 aliphatic heterocycles. The molecule has 0 aliphatic carbocycles. The summed E-state index contributed by atoms with van der Waals surface area (Å²) in [6, 6.07) is 6.50. The molecule has 0 amide bonds. The van der Waals surface area contributed by atoms with Gasteiger partial charge >= 0.3 is 0 Å². The molecule has 1 aromatic rings. The fourth-order valence-corrected chi connectivity index (χ4v) is 0.891. The van der Waals surface area contributed by atoms with Crippen LogP contribution in [0, 0.1) is 20.8 Å². The van der Waals surface area contributed by atoms with E-state index in [0.717, 1.165) is 0 Å². The van der Waals surface area contributed by atoms with Crippen LogP contribution in [0.5, 0.6) is 0 Å². The summed E-state index contributed by atoms with van der Waals surface area (Å²) in [6.07, 6.45) is 2.64. The molecule has 0 bridgehead atoms. The maximum Gasteiger partial charge on any atom is -0.0395 e. The van der Waals surface area contributed by atoms with Gasteiger partial charge in [-0.1, -0.05) is 64.3 Å². The Morgan fingerprint density at radius 2 is 1.27 bits per heavy atom. The summed E-state index contributed by atoms with van der Waals surface area (Å²) in [4.78, 5) is 0. The molecular weight excluding hydrogens is 180 g/mol. The molecule has 0 aromatic heterocycles. The highest BCUT2D eigenvalue weighted by Crippen LogP contribution is 2.07. The lowest BCUT2D eigenvalue weighted by atomic mass is 10.1. The van der Waals surface area contributed by atoms with Gasteiger partial charge in [0.25, 0.3) is 0 Å². The summed E-state index contributed by atoms with van der Waals surface area (Å²) in [5, 5.41) is 0. The quantitative estimate of drug-likeness (QED) is 0.576. The lowest BCUT2D eigenvalue weighted by molar-refractivity contribution is 0.886.